The van der Waals surface area contributed by atoms with E-state index in [0.29, 0.717) is 17.4 Å². The monoisotopic (exact) mass is 302 g/mol. The third-order valence-electron chi connectivity index (χ3n) is 3.49. The number of benzene rings is 2. The van der Waals surface area contributed by atoms with Crippen molar-refractivity contribution in [1.82, 2.24) is 9.55 Å². The van der Waals surface area contributed by atoms with E-state index in [1.54, 1.807) is 24.3 Å². The van der Waals surface area contributed by atoms with Crippen LogP contribution in [0.5, 0.6) is 0 Å². The van der Waals surface area contributed by atoms with Crippen LogP contribution < -0.4 is 0 Å². The third-order valence-corrected chi connectivity index (χ3v) is 3.74. The van der Waals surface area contributed by atoms with E-state index in [-0.39, 0.29) is 6.61 Å². The molecule has 1 aromatic heterocycles. The Labute approximate surface area is 127 Å². The van der Waals surface area contributed by atoms with Crippen LogP contribution >= 0.6 is 11.6 Å². The van der Waals surface area contributed by atoms with E-state index < -0.39 is 6.10 Å². The third kappa shape index (κ3) is 2.78. The Morgan fingerprint density at radius 2 is 1.81 bits per heavy atom. The summed E-state index contributed by atoms with van der Waals surface area (Å²) in [7, 11) is 0. The minimum absolute atomic E-state index is 0.165. The van der Waals surface area contributed by atoms with Crippen LogP contribution in [0.15, 0.2) is 48.5 Å². The topological polar surface area (TPSA) is 58.3 Å². The normalized spacial score (nSPS) is 12.7. The van der Waals surface area contributed by atoms with E-state index in [2.05, 4.69) is 4.98 Å². The summed E-state index contributed by atoms with van der Waals surface area (Å²) in [6, 6.07) is 14.7. The maximum Gasteiger partial charge on any atom is 0.135 e. The van der Waals surface area contributed by atoms with Crippen molar-refractivity contribution in [1.29, 1.82) is 0 Å². The van der Waals surface area contributed by atoms with Crippen LogP contribution in [-0.2, 0) is 13.2 Å². The first-order chi connectivity index (χ1) is 10.2. The molecule has 0 saturated heterocycles. The van der Waals surface area contributed by atoms with Gasteiger partial charge in [-0.25, -0.2) is 4.98 Å². The lowest BCUT2D eigenvalue weighted by atomic mass is 10.1. The molecule has 0 aliphatic rings. The van der Waals surface area contributed by atoms with E-state index in [1.807, 2.05) is 28.8 Å². The molecule has 0 aliphatic carbocycles. The van der Waals surface area contributed by atoms with Crippen molar-refractivity contribution in [2.24, 2.45) is 0 Å². The molecular formula is C16H15ClN2O2. The quantitative estimate of drug-likeness (QED) is 0.779. The first-order valence-corrected chi connectivity index (χ1v) is 7.05. The van der Waals surface area contributed by atoms with E-state index in [4.69, 9.17) is 11.6 Å². The molecule has 1 heterocycles. The zero-order valence-electron chi connectivity index (χ0n) is 11.3. The average molecular weight is 303 g/mol. The van der Waals surface area contributed by atoms with Gasteiger partial charge in [-0.2, -0.15) is 0 Å². The molecule has 0 amide bonds. The molecule has 0 saturated carbocycles. The van der Waals surface area contributed by atoms with E-state index in [9.17, 15) is 10.2 Å². The zero-order chi connectivity index (χ0) is 14.8. The molecule has 0 fully saturated rings. The van der Waals surface area contributed by atoms with Gasteiger partial charge in [0.2, 0.25) is 0 Å². The molecule has 1 atom stereocenters. The molecule has 1 unspecified atom stereocenters. The van der Waals surface area contributed by atoms with Gasteiger partial charge < -0.3 is 14.8 Å². The Hall–Kier alpha value is -1.88. The van der Waals surface area contributed by atoms with Crippen LogP contribution in [0.3, 0.4) is 0 Å². The molecular weight excluding hydrogens is 288 g/mol. The van der Waals surface area contributed by atoms with Gasteiger partial charge >= 0.3 is 0 Å². The Kier molecular flexibility index (Phi) is 3.92. The van der Waals surface area contributed by atoms with Crippen molar-refractivity contribution in [3.63, 3.8) is 0 Å². The van der Waals surface area contributed by atoms with Gasteiger partial charge in [-0.05, 0) is 29.8 Å². The number of aliphatic hydroxyl groups is 2. The van der Waals surface area contributed by atoms with Gasteiger partial charge in [0.1, 0.15) is 12.4 Å². The summed E-state index contributed by atoms with van der Waals surface area (Å²) in [5.74, 6) is 0.546. The van der Waals surface area contributed by atoms with Gasteiger partial charge in [0, 0.05) is 5.02 Å². The highest BCUT2D eigenvalue weighted by atomic mass is 35.5. The minimum Gasteiger partial charge on any atom is -0.388 e. The van der Waals surface area contributed by atoms with Crippen LogP contribution in [0.25, 0.3) is 11.0 Å². The largest absolute Gasteiger partial charge is 0.388 e. The van der Waals surface area contributed by atoms with Crippen LogP contribution in [-0.4, -0.2) is 19.8 Å². The minimum atomic E-state index is -0.690. The second-order valence-corrected chi connectivity index (χ2v) is 5.29. The fourth-order valence-electron chi connectivity index (χ4n) is 2.41. The molecule has 4 nitrogen and oxygen atoms in total. The standard InChI is InChI=1S/C16H15ClN2O2/c17-12-7-5-11(6-8-12)15(21)9-19-14-4-2-1-3-13(14)18-16(19)10-20/h1-8,15,20-21H,9-10H2. The van der Waals surface area contributed by atoms with Crippen molar-refractivity contribution in [3.05, 3.63) is 64.9 Å². The van der Waals surface area contributed by atoms with Crippen molar-refractivity contribution in [2.75, 3.05) is 0 Å². The van der Waals surface area contributed by atoms with Crippen LogP contribution in [0.4, 0.5) is 0 Å². The molecule has 5 heteroatoms. The molecule has 108 valence electrons. The smallest absolute Gasteiger partial charge is 0.135 e. The molecule has 21 heavy (non-hydrogen) atoms. The number of aliphatic hydroxyl groups excluding tert-OH is 2. The predicted molar refractivity (Wildman–Crippen MR) is 82.1 cm³/mol. The van der Waals surface area contributed by atoms with Crippen LogP contribution in [0, 0.1) is 0 Å². The van der Waals surface area contributed by atoms with Gasteiger partial charge in [0.25, 0.3) is 0 Å². The molecule has 0 radical (unpaired) electrons. The van der Waals surface area contributed by atoms with Gasteiger partial charge in [-0.15, -0.1) is 0 Å². The zero-order valence-corrected chi connectivity index (χ0v) is 12.0. The van der Waals surface area contributed by atoms with Crippen molar-refractivity contribution in [2.45, 2.75) is 19.3 Å². The van der Waals surface area contributed by atoms with Crippen molar-refractivity contribution in [3.8, 4) is 0 Å². The number of aromatic nitrogens is 2. The number of imidazole rings is 1. The average Bonchev–Trinajstić information content (AvgIpc) is 2.86. The molecule has 3 rings (SSSR count). The molecule has 2 N–H and O–H groups in total. The second-order valence-electron chi connectivity index (χ2n) is 4.85. The molecule has 0 bridgehead atoms. The van der Waals surface area contributed by atoms with Gasteiger partial charge in [-0.1, -0.05) is 35.9 Å². The lowest BCUT2D eigenvalue weighted by Gasteiger charge is -2.14. The lowest BCUT2D eigenvalue weighted by molar-refractivity contribution is 0.153. The Balaban J connectivity index is 1.95. The van der Waals surface area contributed by atoms with Gasteiger partial charge in [0.05, 0.1) is 23.7 Å². The van der Waals surface area contributed by atoms with E-state index >= 15 is 0 Å². The Morgan fingerprint density at radius 1 is 1.10 bits per heavy atom. The fourth-order valence-corrected chi connectivity index (χ4v) is 2.54. The van der Waals surface area contributed by atoms with E-state index in [1.165, 1.54) is 0 Å². The number of rotatable bonds is 4. The number of halogens is 1. The maximum absolute atomic E-state index is 10.4. The molecule has 2 aromatic carbocycles. The molecule has 3 aromatic rings. The summed E-state index contributed by atoms with van der Waals surface area (Å²) in [5, 5.41) is 20.5. The Morgan fingerprint density at radius 3 is 2.52 bits per heavy atom. The Bertz CT molecular complexity index is 753. The highest BCUT2D eigenvalue weighted by molar-refractivity contribution is 6.30. The molecule has 0 spiro atoms. The number of hydrogen-bond donors (Lipinski definition) is 2. The first-order valence-electron chi connectivity index (χ1n) is 6.67. The summed E-state index contributed by atoms with van der Waals surface area (Å²) in [5.41, 5.74) is 2.49. The SMILES string of the molecule is OCc1nc2ccccc2n1CC(O)c1ccc(Cl)cc1. The predicted octanol–water partition coefficient (Wildman–Crippen LogP) is 2.92. The summed E-state index contributed by atoms with van der Waals surface area (Å²) in [4.78, 5) is 4.37. The summed E-state index contributed by atoms with van der Waals surface area (Å²) in [6.07, 6.45) is -0.690. The lowest BCUT2D eigenvalue weighted by Crippen LogP contribution is -2.11. The number of para-hydroxylation sites is 2. The van der Waals surface area contributed by atoms with Crippen molar-refractivity contribution < 1.29 is 10.2 Å². The number of hydrogen-bond acceptors (Lipinski definition) is 3. The summed E-state index contributed by atoms with van der Waals surface area (Å²) < 4.78 is 1.84. The van der Waals surface area contributed by atoms with Crippen molar-refractivity contribution >= 4 is 22.6 Å². The highest BCUT2D eigenvalue weighted by Gasteiger charge is 2.14. The van der Waals surface area contributed by atoms with Gasteiger partial charge in [-0.3, -0.25) is 0 Å². The number of nitrogens with zero attached hydrogens (tertiary/aromatic N) is 2. The van der Waals surface area contributed by atoms with Crippen LogP contribution in [0.1, 0.15) is 17.5 Å². The first kappa shape index (κ1) is 14.1. The summed E-state index contributed by atoms with van der Waals surface area (Å²) >= 11 is 5.85. The van der Waals surface area contributed by atoms with Gasteiger partial charge in [0.15, 0.2) is 0 Å². The van der Waals surface area contributed by atoms with Crippen LogP contribution in [0.2, 0.25) is 5.02 Å². The van der Waals surface area contributed by atoms with E-state index in [0.717, 1.165) is 16.6 Å². The number of fused-ring (bicyclic) bond motifs is 1. The second kappa shape index (κ2) is 5.85. The maximum atomic E-state index is 10.4. The molecule has 0 aliphatic heterocycles. The summed E-state index contributed by atoms with van der Waals surface area (Å²) in [6.45, 7) is 0.167. The highest BCUT2D eigenvalue weighted by Crippen LogP contribution is 2.22. The fraction of sp³-hybridized carbons (Fsp3) is 0.188.